The second-order valence-corrected chi connectivity index (χ2v) is 4.53. The number of rotatable bonds is 3. The van der Waals surface area contributed by atoms with Gasteiger partial charge in [0.25, 0.3) is 0 Å². The zero-order valence-corrected chi connectivity index (χ0v) is 10.9. The minimum absolute atomic E-state index is 0.328. The van der Waals surface area contributed by atoms with Crippen LogP contribution in [0.15, 0.2) is 41.1 Å². The Hall–Kier alpha value is -1.39. The van der Waals surface area contributed by atoms with Crippen molar-refractivity contribution >= 4 is 33.8 Å². The molecule has 1 aromatic heterocycles. The molecular formula is C12H7BrClNO2. The Morgan fingerprint density at radius 1 is 1.35 bits per heavy atom. The van der Waals surface area contributed by atoms with Gasteiger partial charge in [0.1, 0.15) is 11.5 Å². The fraction of sp³-hybridized carbons (Fsp3) is 0. The van der Waals surface area contributed by atoms with Crippen molar-refractivity contribution in [3.63, 3.8) is 0 Å². The summed E-state index contributed by atoms with van der Waals surface area (Å²) in [4.78, 5) is 14.9. The topological polar surface area (TPSA) is 39.2 Å². The van der Waals surface area contributed by atoms with E-state index >= 15 is 0 Å². The van der Waals surface area contributed by atoms with Crippen LogP contribution < -0.4 is 4.74 Å². The zero-order chi connectivity index (χ0) is 12.3. The molecule has 1 aromatic carbocycles. The minimum Gasteiger partial charge on any atom is -0.455 e. The molecule has 0 aliphatic carbocycles. The molecule has 0 aliphatic heterocycles. The molecular weight excluding hydrogens is 305 g/mol. The van der Waals surface area contributed by atoms with Gasteiger partial charge in [0.15, 0.2) is 6.29 Å². The summed E-state index contributed by atoms with van der Waals surface area (Å²) in [6.45, 7) is 0. The highest BCUT2D eigenvalue weighted by atomic mass is 79.9. The van der Waals surface area contributed by atoms with E-state index in [2.05, 4.69) is 20.9 Å². The number of ether oxygens (including phenoxy) is 1. The van der Waals surface area contributed by atoms with Crippen LogP contribution in [-0.2, 0) is 0 Å². The zero-order valence-electron chi connectivity index (χ0n) is 8.56. The van der Waals surface area contributed by atoms with Gasteiger partial charge in [0, 0.05) is 10.7 Å². The van der Waals surface area contributed by atoms with Crippen molar-refractivity contribution in [2.45, 2.75) is 0 Å². The van der Waals surface area contributed by atoms with Gasteiger partial charge in [-0.2, -0.15) is 0 Å². The lowest BCUT2D eigenvalue weighted by atomic mass is 10.2. The summed E-state index contributed by atoms with van der Waals surface area (Å²) in [5.74, 6) is 0.942. The van der Waals surface area contributed by atoms with Crippen LogP contribution in [0.3, 0.4) is 0 Å². The molecule has 0 spiro atoms. The van der Waals surface area contributed by atoms with Crippen molar-refractivity contribution in [2.75, 3.05) is 0 Å². The fourth-order valence-electron chi connectivity index (χ4n) is 1.30. The molecule has 0 N–H and O–H groups in total. The molecule has 5 heteroatoms. The monoisotopic (exact) mass is 311 g/mol. The van der Waals surface area contributed by atoms with Crippen molar-refractivity contribution < 1.29 is 9.53 Å². The average molecular weight is 313 g/mol. The van der Waals surface area contributed by atoms with Gasteiger partial charge >= 0.3 is 0 Å². The number of carbonyl (C=O) groups is 1. The van der Waals surface area contributed by atoms with E-state index in [9.17, 15) is 4.79 Å². The quantitative estimate of drug-likeness (QED) is 0.801. The predicted molar refractivity (Wildman–Crippen MR) is 68.9 cm³/mol. The molecule has 0 radical (unpaired) electrons. The van der Waals surface area contributed by atoms with E-state index in [1.165, 1.54) is 0 Å². The van der Waals surface area contributed by atoms with Crippen LogP contribution in [0.1, 0.15) is 10.4 Å². The van der Waals surface area contributed by atoms with Crippen molar-refractivity contribution in [1.82, 2.24) is 4.98 Å². The Kier molecular flexibility index (Phi) is 3.76. The summed E-state index contributed by atoms with van der Waals surface area (Å²) in [6.07, 6.45) is 3.87. The molecule has 0 bridgehead atoms. The Balaban J connectivity index is 2.36. The van der Waals surface area contributed by atoms with E-state index in [1.54, 1.807) is 36.7 Å². The van der Waals surface area contributed by atoms with E-state index in [0.717, 1.165) is 4.47 Å². The number of pyridine rings is 1. The predicted octanol–water partition coefficient (Wildman–Crippen LogP) is 4.10. The van der Waals surface area contributed by atoms with Gasteiger partial charge in [0.05, 0.1) is 16.8 Å². The van der Waals surface area contributed by atoms with Gasteiger partial charge in [0.2, 0.25) is 0 Å². The maximum Gasteiger partial charge on any atom is 0.155 e. The number of aromatic nitrogens is 1. The second kappa shape index (κ2) is 5.29. The highest BCUT2D eigenvalue weighted by Crippen LogP contribution is 2.29. The SMILES string of the molecule is O=Cc1c(Cl)cccc1Oc1cncc(Br)c1. The summed E-state index contributed by atoms with van der Waals surface area (Å²) in [5, 5.41) is 0.362. The Labute approximate surface area is 112 Å². The molecule has 17 heavy (non-hydrogen) atoms. The first-order chi connectivity index (χ1) is 8.20. The summed E-state index contributed by atoms with van der Waals surface area (Å²) in [7, 11) is 0. The lowest BCUT2D eigenvalue weighted by Gasteiger charge is -2.08. The van der Waals surface area contributed by atoms with Crippen LogP contribution in [-0.4, -0.2) is 11.3 Å². The number of carbonyl (C=O) groups excluding carboxylic acids is 1. The summed E-state index contributed by atoms with van der Waals surface area (Å²) < 4.78 is 6.35. The lowest BCUT2D eigenvalue weighted by molar-refractivity contribution is 0.112. The smallest absolute Gasteiger partial charge is 0.155 e. The van der Waals surface area contributed by atoms with Crippen molar-refractivity contribution in [2.24, 2.45) is 0 Å². The number of benzene rings is 1. The van der Waals surface area contributed by atoms with Gasteiger partial charge < -0.3 is 4.74 Å². The van der Waals surface area contributed by atoms with Crippen LogP contribution in [0.25, 0.3) is 0 Å². The van der Waals surface area contributed by atoms with Gasteiger partial charge in [-0.1, -0.05) is 17.7 Å². The molecule has 0 aliphatic rings. The highest BCUT2D eigenvalue weighted by Gasteiger charge is 2.08. The van der Waals surface area contributed by atoms with Gasteiger partial charge in [-0.05, 0) is 34.1 Å². The number of hydrogen-bond donors (Lipinski definition) is 0. The number of nitrogens with zero attached hydrogens (tertiary/aromatic N) is 1. The molecule has 0 saturated carbocycles. The maximum atomic E-state index is 10.9. The van der Waals surface area contributed by atoms with E-state index in [1.807, 2.05) is 0 Å². The van der Waals surface area contributed by atoms with Crippen LogP contribution in [0, 0.1) is 0 Å². The van der Waals surface area contributed by atoms with Crippen molar-refractivity contribution in [3.05, 3.63) is 51.7 Å². The van der Waals surface area contributed by atoms with Crippen molar-refractivity contribution in [1.29, 1.82) is 0 Å². The molecule has 2 aromatic rings. The standard InChI is InChI=1S/C12H7BrClNO2/c13-8-4-9(6-15-5-8)17-12-3-1-2-11(14)10(12)7-16/h1-7H. The molecule has 3 nitrogen and oxygen atoms in total. The first-order valence-corrected chi connectivity index (χ1v) is 5.90. The molecule has 0 fully saturated rings. The van der Waals surface area contributed by atoms with Crippen LogP contribution in [0.2, 0.25) is 5.02 Å². The fourth-order valence-corrected chi connectivity index (χ4v) is 1.85. The Morgan fingerprint density at radius 3 is 2.88 bits per heavy atom. The Morgan fingerprint density at radius 2 is 2.18 bits per heavy atom. The second-order valence-electron chi connectivity index (χ2n) is 3.21. The molecule has 0 amide bonds. The van der Waals surface area contributed by atoms with E-state index < -0.39 is 0 Å². The van der Waals surface area contributed by atoms with E-state index in [0.29, 0.717) is 28.4 Å². The van der Waals surface area contributed by atoms with Crippen molar-refractivity contribution in [3.8, 4) is 11.5 Å². The first-order valence-electron chi connectivity index (χ1n) is 4.73. The highest BCUT2D eigenvalue weighted by molar-refractivity contribution is 9.10. The maximum absolute atomic E-state index is 10.9. The number of hydrogen-bond acceptors (Lipinski definition) is 3. The van der Waals surface area contributed by atoms with E-state index in [-0.39, 0.29) is 0 Å². The molecule has 86 valence electrons. The summed E-state index contributed by atoms with van der Waals surface area (Å²) in [5.41, 5.74) is 0.328. The molecule has 0 saturated heterocycles. The van der Waals surface area contributed by atoms with E-state index in [4.69, 9.17) is 16.3 Å². The third kappa shape index (κ3) is 2.84. The minimum atomic E-state index is 0.328. The lowest BCUT2D eigenvalue weighted by Crippen LogP contribution is -1.91. The summed E-state index contributed by atoms with van der Waals surface area (Å²) in [6, 6.07) is 6.78. The molecule has 0 unspecified atom stereocenters. The average Bonchev–Trinajstić information content (AvgIpc) is 2.29. The molecule has 0 atom stereocenters. The number of halogens is 2. The molecule has 2 rings (SSSR count). The largest absolute Gasteiger partial charge is 0.455 e. The van der Waals surface area contributed by atoms with Gasteiger partial charge in [-0.25, -0.2) is 0 Å². The van der Waals surface area contributed by atoms with Gasteiger partial charge in [-0.15, -0.1) is 0 Å². The molecule has 1 heterocycles. The normalized spacial score (nSPS) is 10.0. The van der Waals surface area contributed by atoms with Crippen LogP contribution in [0.4, 0.5) is 0 Å². The first kappa shape index (κ1) is 12.1. The summed E-state index contributed by atoms with van der Waals surface area (Å²) >= 11 is 9.18. The van der Waals surface area contributed by atoms with Crippen LogP contribution >= 0.6 is 27.5 Å². The Bertz CT molecular complexity index is 560. The third-order valence-electron chi connectivity index (χ3n) is 2.04. The third-order valence-corrected chi connectivity index (χ3v) is 2.80. The van der Waals surface area contributed by atoms with Gasteiger partial charge in [-0.3, -0.25) is 9.78 Å². The van der Waals surface area contributed by atoms with Crippen LogP contribution in [0.5, 0.6) is 11.5 Å². The number of aldehydes is 1.